The zero-order chi connectivity index (χ0) is 7.98. The summed E-state index contributed by atoms with van der Waals surface area (Å²) in [6.07, 6.45) is 6.94. The smallest absolute Gasteiger partial charge is 0.248 e. The molecule has 54 valence electrons. The summed E-state index contributed by atoms with van der Waals surface area (Å²) in [5.74, 6) is -0.485. The van der Waals surface area contributed by atoms with Crippen LogP contribution in [0.5, 0.6) is 0 Å². The van der Waals surface area contributed by atoms with Crippen molar-refractivity contribution in [1.82, 2.24) is 0 Å². The quantitative estimate of drug-likeness (QED) is 0.460. The summed E-state index contributed by atoms with van der Waals surface area (Å²) in [6, 6.07) is 0. The summed E-state index contributed by atoms with van der Waals surface area (Å²) in [5.41, 5.74) is 5.22. The van der Waals surface area contributed by atoms with Gasteiger partial charge >= 0.3 is 0 Å². The lowest BCUT2D eigenvalue weighted by Gasteiger charge is -1.87. The van der Waals surface area contributed by atoms with Crippen molar-refractivity contribution in [2.75, 3.05) is 0 Å². The van der Waals surface area contributed by atoms with Gasteiger partial charge in [-0.15, -0.1) is 0 Å². The highest BCUT2D eigenvalue weighted by molar-refractivity contribution is 5.94. The molecule has 10 heavy (non-hydrogen) atoms. The molecule has 0 radical (unpaired) electrons. The maximum Gasteiger partial charge on any atom is 0.248 e. The molecule has 0 unspecified atom stereocenters. The van der Waals surface area contributed by atoms with E-state index in [9.17, 15) is 4.79 Å². The lowest BCUT2D eigenvalue weighted by Crippen LogP contribution is -2.11. The number of amides is 1. The van der Waals surface area contributed by atoms with Gasteiger partial charge in [-0.2, -0.15) is 0 Å². The second-order valence-corrected chi connectivity index (χ2v) is 1.77. The molecule has 0 saturated heterocycles. The van der Waals surface area contributed by atoms with E-state index in [2.05, 4.69) is 6.58 Å². The fourth-order valence-electron chi connectivity index (χ4n) is 0.365. The van der Waals surface area contributed by atoms with Crippen LogP contribution >= 0.6 is 0 Å². The molecule has 0 aliphatic heterocycles. The molecule has 2 heteroatoms. The van der Waals surface area contributed by atoms with Crippen molar-refractivity contribution in [2.24, 2.45) is 5.73 Å². The first-order chi connectivity index (χ1) is 4.68. The van der Waals surface area contributed by atoms with Crippen LogP contribution in [-0.4, -0.2) is 5.91 Å². The van der Waals surface area contributed by atoms with Gasteiger partial charge in [-0.05, 0) is 6.92 Å². The second-order valence-electron chi connectivity index (χ2n) is 1.77. The summed E-state index contributed by atoms with van der Waals surface area (Å²) < 4.78 is 0. The molecule has 0 aliphatic rings. The second kappa shape index (κ2) is 4.56. The number of hydrogen-bond acceptors (Lipinski definition) is 1. The molecule has 0 rings (SSSR count). The molecular weight excluding hydrogens is 126 g/mol. The standard InChI is InChI=1S/C8H11NO/c1-3-4-5-6-7(2)8(9)10/h3-6H,2H2,1H3,(H2,9,10)/b4-3-,6-5-. The minimum atomic E-state index is -0.485. The van der Waals surface area contributed by atoms with Crippen molar-refractivity contribution in [3.8, 4) is 0 Å². The van der Waals surface area contributed by atoms with Crippen LogP contribution in [0.4, 0.5) is 0 Å². The summed E-state index contributed by atoms with van der Waals surface area (Å²) in [7, 11) is 0. The van der Waals surface area contributed by atoms with Crippen LogP contribution in [-0.2, 0) is 4.79 Å². The molecule has 0 aromatic carbocycles. The molecular formula is C8H11NO. The van der Waals surface area contributed by atoms with Gasteiger partial charge in [0.05, 0.1) is 0 Å². The molecule has 0 bridgehead atoms. The molecule has 0 aromatic rings. The Morgan fingerprint density at radius 1 is 1.50 bits per heavy atom. The van der Waals surface area contributed by atoms with Crippen molar-refractivity contribution >= 4 is 5.91 Å². The Morgan fingerprint density at radius 3 is 2.50 bits per heavy atom. The molecule has 2 nitrogen and oxygen atoms in total. The van der Waals surface area contributed by atoms with Gasteiger partial charge in [-0.1, -0.05) is 30.9 Å². The Bertz CT molecular complexity index is 189. The highest BCUT2D eigenvalue weighted by Gasteiger charge is 1.92. The molecule has 2 N–H and O–H groups in total. The average molecular weight is 137 g/mol. The highest BCUT2D eigenvalue weighted by atomic mass is 16.1. The Labute approximate surface area is 60.7 Å². The number of rotatable bonds is 3. The van der Waals surface area contributed by atoms with Gasteiger partial charge < -0.3 is 5.73 Å². The first-order valence-corrected chi connectivity index (χ1v) is 2.96. The zero-order valence-corrected chi connectivity index (χ0v) is 6.00. The van der Waals surface area contributed by atoms with Crippen LogP contribution in [0.3, 0.4) is 0 Å². The van der Waals surface area contributed by atoms with Gasteiger partial charge in [0.25, 0.3) is 0 Å². The van der Waals surface area contributed by atoms with E-state index < -0.39 is 5.91 Å². The summed E-state index contributed by atoms with van der Waals surface area (Å²) >= 11 is 0. The minimum absolute atomic E-state index is 0.318. The van der Waals surface area contributed by atoms with Crippen LogP contribution in [0.2, 0.25) is 0 Å². The van der Waals surface area contributed by atoms with Crippen LogP contribution < -0.4 is 5.73 Å². The van der Waals surface area contributed by atoms with Crippen LogP contribution in [0, 0.1) is 0 Å². The van der Waals surface area contributed by atoms with E-state index >= 15 is 0 Å². The lowest BCUT2D eigenvalue weighted by atomic mass is 10.2. The van der Waals surface area contributed by atoms with Gasteiger partial charge in [-0.3, -0.25) is 4.79 Å². The van der Waals surface area contributed by atoms with Crippen molar-refractivity contribution in [2.45, 2.75) is 6.92 Å². The molecule has 0 heterocycles. The predicted octanol–water partition coefficient (Wildman–Crippen LogP) is 1.16. The largest absolute Gasteiger partial charge is 0.366 e. The van der Waals surface area contributed by atoms with Crippen molar-refractivity contribution in [3.05, 3.63) is 36.5 Å². The van der Waals surface area contributed by atoms with E-state index in [0.29, 0.717) is 5.57 Å². The number of carbonyl (C=O) groups excluding carboxylic acids is 1. The zero-order valence-electron chi connectivity index (χ0n) is 6.00. The summed E-state index contributed by atoms with van der Waals surface area (Å²) in [6.45, 7) is 5.32. The van der Waals surface area contributed by atoms with Gasteiger partial charge in [-0.25, -0.2) is 0 Å². The molecule has 0 saturated carbocycles. The molecule has 0 aromatic heterocycles. The fraction of sp³-hybridized carbons (Fsp3) is 0.125. The van der Waals surface area contributed by atoms with Gasteiger partial charge in [0, 0.05) is 5.57 Å². The average Bonchev–Trinajstić information content (AvgIpc) is 1.88. The van der Waals surface area contributed by atoms with E-state index in [4.69, 9.17) is 5.73 Å². The first kappa shape index (κ1) is 8.69. The van der Waals surface area contributed by atoms with E-state index in [1.54, 1.807) is 18.2 Å². The van der Waals surface area contributed by atoms with Gasteiger partial charge in [0.15, 0.2) is 0 Å². The van der Waals surface area contributed by atoms with E-state index in [1.807, 2.05) is 13.0 Å². The van der Waals surface area contributed by atoms with Crippen molar-refractivity contribution < 1.29 is 4.79 Å². The first-order valence-electron chi connectivity index (χ1n) is 2.96. The van der Waals surface area contributed by atoms with Crippen LogP contribution in [0.15, 0.2) is 36.5 Å². The van der Waals surface area contributed by atoms with E-state index in [0.717, 1.165) is 0 Å². The van der Waals surface area contributed by atoms with Crippen molar-refractivity contribution in [1.29, 1.82) is 0 Å². The number of nitrogens with two attached hydrogens (primary N) is 1. The van der Waals surface area contributed by atoms with Gasteiger partial charge in [0.1, 0.15) is 0 Å². The Kier molecular flexibility index (Phi) is 3.96. The number of hydrogen-bond donors (Lipinski definition) is 1. The monoisotopic (exact) mass is 137 g/mol. The Hall–Kier alpha value is -1.31. The Morgan fingerprint density at radius 2 is 2.10 bits per heavy atom. The minimum Gasteiger partial charge on any atom is -0.366 e. The molecule has 0 spiro atoms. The third-order valence-corrected chi connectivity index (χ3v) is 0.917. The SMILES string of the molecule is C=C(/C=C\C=C/C)C(N)=O. The number of carbonyl (C=O) groups is 1. The maximum absolute atomic E-state index is 10.3. The molecule has 0 fully saturated rings. The maximum atomic E-state index is 10.3. The molecule has 1 amide bonds. The summed E-state index contributed by atoms with van der Waals surface area (Å²) in [4.78, 5) is 10.3. The van der Waals surface area contributed by atoms with E-state index in [1.165, 1.54) is 0 Å². The van der Waals surface area contributed by atoms with Gasteiger partial charge in [0.2, 0.25) is 5.91 Å². The summed E-state index contributed by atoms with van der Waals surface area (Å²) in [5, 5.41) is 0. The van der Waals surface area contributed by atoms with Crippen LogP contribution in [0.25, 0.3) is 0 Å². The molecule has 0 aliphatic carbocycles. The van der Waals surface area contributed by atoms with Crippen LogP contribution in [0.1, 0.15) is 6.92 Å². The highest BCUT2D eigenvalue weighted by Crippen LogP contribution is 1.90. The number of allylic oxidation sites excluding steroid dienone is 3. The topological polar surface area (TPSA) is 43.1 Å². The normalized spacial score (nSPS) is 10.9. The lowest BCUT2D eigenvalue weighted by molar-refractivity contribution is -0.114. The predicted molar refractivity (Wildman–Crippen MR) is 42.3 cm³/mol. The van der Waals surface area contributed by atoms with Crippen molar-refractivity contribution in [3.63, 3.8) is 0 Å². The number of primary amides is 1. The van der Waals surface area contributed by atoms with E-state index in [-0.39, 0.29) is 0 Å². The third-order valence-electron chi connectivity index (χ3n) is 0.917. The third kappa shape index (κ3) is 3.66. The Balaban J connectivity index is 3.90. The fourth-order valence-corrected chi connectivity index (χ4v) is 0.365. The molecule has 0 atom stereocenters.